The number of aromatic nitrogens is 2. The van der Waals surface area contributed by atoms with Gasteiger partial charge in [-0.15, -0.1) is 0 Å². The number of hydrogen-bond acceptors (Lipinski definition) is 6. The molecule has 1 fully saturated rings. The van der Waals surface area contributed by atoms with Gasteiger partial charge in [-0.2, -0.15) is 4.98 Å². The Morgan fingerprint density at radius 1 is 1.14 bits per heavy atom. The first-order valence-corrected chi connectivity index (χ1v) is 13.8. The number of ketones is 1. The van der Waals surface area contributed by atoms with E-state index in [4.69, 9.17) is 5.73 Å². The lowest BCUT2D eigenvalue weighted by Gasteiger charge is -2.19. The van der Waals surface area contributed by atoms with Crippen LogP contribution in [0.5, 0.6) is 5.75 Å². The van der Waals surface area contributed by atoms with E-state index < -0.39 is 0 Å². The number of phenols is 1. The highest BCUT2D eigenvalue weighted by Gasteiger charge is 2.27. The van der Waals surface area contributed by atoms with Crippen LogP contribution in [0.2, 0.25) is 0 Å². The molecule has 1 aromatic carbocycles. The second-order valence-corrected chi connectivity index (χ2v) is 9.76. The van der Waals surface area contributed by atoms with Crippen LogP contribution in [0.4, 0.5) is 11.8 Å². The van der Waals surface area contributed by atoms with Gasteiger partial charge in [-0.05, 0) is 40.0 Å². The Labute approximate surface area is 224 Å². The second-order valence-electron chi connectivity index (χ2n) is 8.91. The molecule has 8 nitrogen and oxygen atoms in total. The minimum absolute atomic E-state index is 0.0185. The average molecular weight is 568 g/mol. The fraction of sp³-hybridized carbons (Fsp3) is 0.593. The molecule has 4 N–H and O–H groups in total. The average Bonchev–Trinajstić information content (AvgIpc) is 3.51. The zero-order chi connectivity index (χ0) is 27.1. The molecule has 1 aliphatic carbocycles. The smallest absolute Gasteiger partial charge is 0.225 e. The molecule has 36 heavy (non-hydrogen) atoms. The third-order valence-electron chi connectivity index (χ3n) is 5.56. The summed E-state index contributed by atoms with van der Waals surface area (Å²) < 4.78 is 2.09. The Hall–Kier alpha value is -2.39. The minimum Gasteiger partial charge on any atom is -0.507 e. The molecule has 0 unspecified atom stereocenters. The summed E-state index contributed by atoms with van der Waals surface area (Å²) in [6.07, 6.45) is 10.6. The van der Waals surface area contributed by atoms with Gasteiger partial charge < -0.3 is 20.5 Å². The number of rotatable bonds is 9. The van der Waals surface area contributed by atoms with Gasteiger partial charge in [-0.3, -0.25) is 14.5 Å². The highest BCUT2D eigenvalue weighted by Crippen LogP contribution is 2.29. The van der Waals surface area contributed by atoms with Crippen molar-refractivity contribution in [1.82, 2.24) is 9.55 Å². The Kier molecular flexibility index (Phi) is 15.1. The molecule has 2 aromatic rings. The van der Waals surface area contributed by atoms with Gasteiger partial charge in [0.15, 0.2) is 11.6 Å². The van der Waals surface area contributed by atoms with Gasteiger partial charge in [0.05, 0.1) is 24.2 Å². The number of carbonyl (C=O) groups excluding carboxylic acids is 2. The van der Waals surface area contributed by atoms with Crippen molar-refractivity contribution in [3.63, 3.8) is 0 Å². The molecule has 1 saturated carbocycles. The van der Waals surface area contributed by atoms with E-state index in [1.807, 2.05) is 6.92 Å². The van der Waals surface area contributed by atoms with Crippen LogP contribution in [0.1, 0.15) is 102 Å². The van der Waals surface area contributed by atoms with Gasteiger partial charge in [0.1, 0.15) is 11.4 Å². The number of anilines is 2. The maximum absolute atomic E-state index is 12.9. The predicted octanol–water partition coefficient (Wildman–Crippen LogP) is 6.07. The summed E-state index contributed by atoms with van der Waals surface area (Å²) in [5.74, 6) is -0.132. The first-order chi connectivity index (χ1) is 17.2. The first kappa shape index (κ1) is 31.6. The van der Waals surface area contributed by atoms with E-state index in [0.29, 0.717) is 17.3 Å². The van der Waals surface area contributed by atoms with E-state index in [2.05, 4.69) is 34.8 Å². The van der Waals surface area contributed by atoms with Gasteiger partial charge in [0, 0.05) is 13.3 Å². The highest BCUT2D eigenvalue weighted by atomic mass is 79.9. The lowest BCUT2D eigenvalue weighted by atomic mass is 10.1. The van der Waals surface area contributed by atoms with Gasteiger partial charge in [0.2, 0.25) is 11.9 Å². The third kappa shape index (κ3) is 9.93. The molecular formula is C27H43BrN4O4. The molecule has 1 heterocycles. The fourth-order valence-electron chi connectivity index (χ4n) is 3.76. The number of phenolic OH excluding ortho intramolecular Hbond substituents is 1. The summed E-state index contributed by atoms with van der Waals surface area (Å²) in [6.45, 7) is 7.59. The quantitative estimate of drug-likeness (QED) is 0.317. The minimum atomic E-state index is -0.337. The number of benzene rings is 1. The monoisotopic (exact) mass is 566 g/mol. The second kappa shape index (κ2) is 17.1. The maximum Gasteiger partial charge on any atom is 0.225 e. The van der Waals surface area contributed by atoms with Gasteiger partial charge in [-0.25, -0.2) is 0 Å². The summed E-state index contributed by atoms with van der Waals surface area (Å²) in [6, 6.07) is 4.99. The van der Waals surface area contributed by atoms with Crippen molar-refractivity contribution in [3.8, 4) is 5.75 Å². The number of aromatic hydroxyl groups is 1. The van der Waals surface area contributed by atoms with Gasteiger partial charge >= 0.3 is 0 Å². The summed E-state index contributed by atoms with van der Waals surface area (Å²) in [5, 5.41) is 19.0. The Balaban J connectivity index is 0.000000692. The standard InChI is InChI=1S/C19H25BrN4O4.C5H10.C3H8/c1-3-4-5-16(28)17-18(23(8-9-25)12(2)26)22-19(21)24(17)11-13-6-7-15(27)14(20)10-13;1-2-4-5-3-1;1-3-2/h6-7,10,25,27H,3-5,8-9,11H2,1-2H3,(H2,21,22);1-5H2;3H2,1-2H3. The molecule has 1 aromatic heterocycles. The molecule has 9 heteroatoms. The highest BCUT2D eigenvalue weighted by molar-refractivity contribution is 9.10. The zero-order valence-corrected chi connectivity index (χ0v) is 23.8. The molecule has 1 amide bonds. The van der Waals surface area contributed by atoms with Crippen LogP contribution >= 0.6 is 15.9 Å². The van der Waals surface area contributed by atoms with Crippen molar-refractivity contribution in [1.29, 1.82) is 0 Å². The van der Waals surface area contributed by atoms with E-state index in [1.54, 1.807) is 22.8 Å². The van der Waals surface area contributed by atoms with Gasteiger partial charge in [-0.1, -0.05) is 71.8 Å². The Bertz CT molecular complexity index is 950. The molecule has 1 aliphatic rings. The van der Waals surface area contributed by atoms with E-state index in [0.717, 1.165) is 12.0 Å². The van der Waals surface area contributed by atoms with Crippen LogP contribution in [0, 0.1) is 0 Å². The fourth-order valence-corrected chi connectivity index (χ4v) is 4.19. The molecule has 0 spiro atoms. The van der Waals surface area contributed by atoms with Crippen LogP contribution in [0.15, 0.2) is 22.7 Å². The van der Waals surface area contributed by atoms with Crippen LogP contribution < -0.4 is 10.6 Å². The maximum atomic E-state index is 12.9. The summed E-state index contributed by atoms with van der Waals surface area (Å²) in [4.78, 5) is 30.5. The van der Waals surface area contributed by atoms with Crippen molar-refractivity contribution in [2.75, 3.05) is 23.8 Å². The van der Waals surface area contributed by atoms with Crippen molar-refractivity contribution >= 4 is 39.4 Å². The Morgan fingerprint density at radius 2 is 1.72 bits per heavy atom. The predicted molar refractivity (Wildman–Crippen MR) is 150 cm³/mol. The SMILES string of the molecule is C1CCCC1.CCC.CCCCC(=O)c1c(N(CCO)C(C)=O)nc(N)n1Cc1ccc(O)c(Br)c1. The van der Waals surface area contributed by atoms with E-state index >= 15 is 0 Å². The molecule has 0 atom stereocenters. The van der Waals surface area contributed by atoms with Crippen molar-refractivity contribution < 1.29 is 19.8 Å². The zero-order valence-electron chi connectivity index (χ0n) is 22.2. The summed E-state index contributed by atoms with van der Waals surface area (Å²) in [7, 11) is 0. The van der Waals surface area contributed by atoms with E-state index in [1.165, 1.54) is 50.3 Å². The molecule has 0 radical (unpaired) electrons. The number of aliphatic hydroxyl groups is 1. The van der Waals surface area contributed by atoms with Crippen LogP contribution in [-0.4, -0.2) is 44.6 Å². The number of nitrogens with zero attached hydrogens (tertiary/aromatic N) is 3. The topological polar surface area (TPSA) is 122 Å². The number of halogens is 1. The van der Waals surface area contributed by atoms with Crippen LogP contribution in [0.3, 0.4) is 0 Å². The largest absolute Gasteiger partial charge is 0.507 e. The van der Waals surface area contributed by atoms with Crippen molar-refractivity contribution in [3.05, 3.63) is 33.9 Å². The molecule has 202 valence electrons. The number of nitrogens with two attached hydrogens (primary N) is 1. The lowest BCUT2D eigenvalue weighted by Crippen LogP contribution is -2.33. The number of imidazole rings is 1. The molecule has 0 aliphatic heterocycles. The molecule has 0 saturated heterocycles. The normalized spacial score (nSPS) is 12.3. The molecule has 0 bridgehead atoms. The third-order valence-corrected chi connectivity index (χ3v) is 6.20. The number of Topliss-reactive ketones (excluding diaryl/α,β-unsaturated/α-hetero) is 1. The van der Waals surface area contributed by atoms with Gasteiger partial charge in [0.25, 0.3) is 0 Å². The Morgan fingerprint density at radius 3 is 2.19 bits per heavy atom. The number of aliphatic hydroxyl groups excluding tert-OH is 1. The first-order valence-electron chi connectivity index (χ1n) is 13.0. The number of amides is 1. The summed E-state index contributed by atoms with van der Waals surface area (Å²) in [5.41, 5.74) is 7.14. The number of hydrogen-bond donors (Lipinski definition) is 3. The van der Waals surface area contributed by atoms with Crippen molar-refractivity contribution in [2.24, 2.45) is 0 Å². The van der Waals surface area contributed by atoms with Crippen molar-refractivity contribution in [2.45, 2.75) is 92.0 Å². The van der Waals surface area contributed by atoms with E-state index in [-0.39, 0.29) is 54.6 Å². The number of unbranched alkanes of at least 4 members (excludes halogenated alkanes) is 1. The molecule has 3 rings (SSSR count). The molecular weight excluding hydrogens is 524 g/mol. The number of carbonyl (C=O) groups is 2. The lowest BCUT2D eigenvalue weighted by molar-refractivity contribution is -0.116. The summed E-state index contributed by atoms with van der Waals surface area (Å²) >= 11 is 3.27. The van der Waals surface area contributed by atoms with E-state index in [9.17, 15) is 19.8 Å². The number of nitrogen functional groups attached to an aromatic ring is 1. The van der Waals surface area contributed by atoms with Crippen LogP contribution in [-0.2, 0) is 11.3 Å². The van der Waals surface area contributed by atoms with Crippen LogP contribution in [0.25, 0.3) is 0 Å².